The summed E-state index contributed by atoms with van der Waals surface area (Å²) in [6.45, 7) is 3.58. The lowest BCUT2D eigenvalue weighted by molar-refractivity contribution is -0.384. The van der Waals surface area contributed by atoms with Crippen molar-refractivity contribution in [3.05, 3.63) is 81.7 Å². The summed E-state index contributed by atoms with van der Waals surface area (Å²) >= 11 is 0. The molecular weight excluding hydrogens is 334 g/mol. The summed E-state index contributed by atoms with van der Waals surface area (Å²) in [7, 11) is 0. The summed E-state index contributed by atoms with van der Waals surface area (Å²) in [4.78, 5) is 23.0. The molecule has 0 radical (unpaired) electrons. The summed E-state index contributed by atoms with van der Waals surface area (Å²) in [6, 6.07) is 15.4. The first kappa shape index (κ1) is 17.3. The lowest BCUT2D eigenvalue weighted by atomic mass is 10.1. The maximum absolute atomic E-state index is 12.5. The van der Waals surface area contributed by atoms with Crippen molar-refractivity contribution in [2.75, 3.05) is 0 Å². The molecule has 1 aromatic heterocycles. The predicted molar refractivity (Wildman–Crippen MR) is 95.1 cm³/mol. The van der Waals surface area contributed by atoms with Crippen LogP contribution in [0.1, 0.15) is 34.7 Å². The van der Waals surface area contributed by atoms with Crippen LogP contribution >= 0.6 is 0 Å². The van der Waals surface area contributed by atoms with Crippen LogP contribution in [0.3, 0.4) is 0 Å². The fraction of sp³-hybridized carbons (Fsp3) is 0.167. The lowest BCUT2D eigenvalue weighted by Gasteiger charge is -2.13. The fourth-order valence-electron chi connectivity index (χ4n) is 2.61. The van der Waals surface area contributed by atoms with Gasteiger partial charge >= 0.3 is 0 Å². The molecule has 1 unspecified atom stereocenters. The van der Waals surface area contributed by atoms with Gasteiger partial charge in [-0.2, -0.15) is 0 Å². The molecule has 0 bridgehead atoms. The summed E-state index contributed by atoms with van der Waals surface area (Å²) in [5.74, 6) is -0.351. The molecule has 26 heavy (non-hydrogen) atoms. The summed E-state index contributed by atoms with van der Waals surface area (Å²) in [5.41, 5.74) is 2.08. The average molecular weight is 351 g/mol. The van der Waals surface area contributed by atoms with E-state index >= 15 is 0 Å². The van der Waals surface area contributed by atoms with Crippen molar-refractivity contribution >= 4 is 11.6 Å². The van der Waals surface area contributed by atoms with Gasteiger partial charge in [0.15, 0.2) is 5.69 Å². The molecule has 0 saturated heterocycles. The Balaban J connectivity index is 1.83. The van der Waals surface area contributed by atoms with E-state index in [9.17, 15) is 14.9 Å². The van der Waals surface area contributed by atoms with Crippen LogP contribution in [-0.4, -0.2) is 25.8 Å². The van der Waals surface area contributed by atoms with E-state index in [0.717, 1.165) is 5.56 Å². The van der Waals surface area contributed by atoms with Gasteiger partial charge in [-0.1, -0.05) is 41.6 Å². The third-order valence-electron chi connectivity index (χ3n) is 4.04. The smallest absolute Gasteiger partial charge is 0.274 e. The third kappa shape index (κ3) is 3.44. The van der Waals surface area contributed by atoms with Crippen LogP contribution < -0.4 is 5.32 Å². The molecule has 2 aromatic carbocycles. The number of nitro groups is 1. The molecule has 3 aromatic rings. The molecule has 3 rings (SSSR count). The van der Waals surface area contributed by atoms with E-state index in [0.29, 0.717) is 11.4 Å². The number of amides is 1. The maximum Gasteiger partial charge on any atom is 0.274 e. The number of aromatic nitrogens is 3. The van der Waals surface area contributed by atoms with Crippen LogP contribution in [0.5, 0.6) is 0 Å². The van der Waals surface area contributed by atoms with E-state index in [1.165, 1.54) is 16.8 Å². The highest BCUT2D eigenvalue weighted by Crippen LogP contribution is 2.19. The molecule has 1 atom stereocenters. The van der Waals surface area contributed by atoms with Crippen LogP contribution in [0.4, 0.5) is 5.69 Å². The van der Waals surface area contributed by atoms with E-state index < -0.39 is 4.92 Å². The van der Waals surface area contributed by atoms with E-state index in [-0.39, 0.29) is 23.3 Å². The summed E-state index contributed by atoms with van der Waals surface area (Å²) in [6.07, 6.45) is 0. The molecule has 1 amide bonds. The zero-order chi connectivity index (χ0) is 18.7. The normalized spacial score (nSPS) is 11.8. The Morgan fingerprint density at radius 3 is 2.62 bits per heavy atom. The van der Waals surface area contributed by atoms with Gasteiger partial charge in [-0.3, -0.25) is 14.9 Å². The standard InChI is InChI=1S/C18H17N5O3/c1-12(14-7-4-3-5-8-14)19-18(24)17-13(2)22(21-20-17)15-9-6-10-16(11-15)23(25)26/h3-12H,1-2H3,(H,19,24). The van der Waals surface area contributed by atoms with Gasteiger partial charge in [0.2, 0.25) is 0 Å². The number of nitrogens with one attached hydrogen (secondary N) is 1. The van der Waals surface area contributed by atoms with Gasteiger partial charge in [0.1, 0.15) is 0 Å². The Bertz CT molecular complexity index is 952. The second-order valence-corrected chi connectivity index (χ2v) is 5.82. The number of benzene rings is 2. The first-order valence-electron chi connectivity index (χ1n) is 8.00. The number of hydrogen-bond acceptors (Lipinski definition) is 5. The molecule has 0 fully saturated rings. The number of rotatable bonds is 5. The van der Waals surface area contributed by atoms with Gasteiger partial charge in [0.05, 0.1) is 22.3 Å². The number of non-ortho nitro benzene ring substituents is 1. The monoisotopic (exact) mass is 351 g/mol. The summed E-state index contributed by atoms with van der Waals surface area (Å²) in [5, 5.41) is 21.7. The number of hydrogen-bond donors (Lipinski definition) is 1. The molecule has 0 spiro atoms. The van der Waals surface area contributed by atoms with Crippen LogP contribution in [0.25, 0.3) is 5.69 Å². The topological polar surface area (TPSA) is 103 Å². The highest BCUT2D eigenvalue weighted by atomic mass is 16.6. The Labute approximate surface area is 149 Å². The maximum atomic E-state index is 12.5. The molecule has 8 nitrogen and oxygen atoms in total. The van der Waals surface area contributed by atoms with Gasteiger partial charge in [-0.05, 0) is 25.5 Å². The van der Waals surface area contributed by atoms with Crippen molar-refractivity contribution in [2.24, 2.45) is 0 Å². The SMILES string of the molecule is Cc1c(C(=O)NC(C)c2ccccc2)nnn1-c1cccc([N+](=O)[O-])c1. The van der Waals surface area contributed by atoms with Crippen molar-refractivity contribution in [2.45, 2.75) is 19.9 Å². The molecular formula is C18H17N5O3. The third-order valence-corrected chi connectivity index (χ3v) is 4.04. The molecule has 8 heteroatoms. The number of nitrogens with zero attached hydrogens (tertiary/aromatic N) is 4. The Morgan fingerprint density at radius 1 is 1.19 bits per heavy atom. The quantitative estimate of drug-likeness (QED) is 0.562. The van der Waals surface area contributed by atoms with Crippen molar-refractivity contribution in [3.8, 4) is 5.69 Å². The second kappa shape index (κ2) is 7.14. The van der Waals surface area contributed by atoms with E-state index in [4.69, 9.17) is 0 Å². The zero-order valence-electron chi connectivity index (χ0n) is 14.3. The van der Waals surface area contributed by atoms with Crippen molar-refractivity contribution in [1.82, 2.24) is 20.3 Å². The van der Waals surface area contributed by atoms with Gasteiger partial charge in [-0.25, -0.2) is 4.68 Å². The lowest BCUT2D eigenvalue weighted by Crippen LogP contribution is -2.27. The van der Waals surface area contributed by atoms with Gasteiger partial charge in [0, 0.05) is 12.1 Å². The molecule has 0 aliphatic rings. The fourth-order valence-corrected chi connectivity index (χ4v) is 2.61. The van der Waals surface area contributed by atoms with E-state index in [1.54, 1.807) is 19.1 Å². The molecule has 1 N–H and O–H groups in total. The van der Waals surface area contributed by atoms with Gasteiger partial charge in [0.25, 0.3) is 11.6 Å². The molecule has 0 aliphatic heterocycles. The molecule has 132 valence electrons. The molecule has 0 saturated carbocycles. The number of carbonyl (C=O) groups is 1. The van der Waals surface area contributed by atoms with Crippen molar-refractivity contribution < 1.29 is 9.72 Å². The summed E-state index contributed by atoms with van der Waals surface area (Å²) < 4.78 is 1.41. The van der Waals surface area contributed by atoms with E-state index in [2.05, 4.69) is 15.6 Å². The van der Waals surface area contributed by atoms with Crippen LogP contribution in [-0.2, 0) is 0 Å². The highest BCUT2D eigenvalue weighted by molar-refractivity contribution is 5.93. The number of nitro benzene ring substituents is 1. The Hall–Kier alpha value is -3.55. The Morgan fingerprint density at radius 2 is 1.92 bits per heavy atom. The first-order chi connectivity index (χ1) is 12.5. The van der Waals surface area contributed by atoms with Crippen molar-refractivity contribution in [1.29, 1.82) is 0 Å². The minimum Gasteiger partial charge on any atom is -0.344 e. The minimum atomic E-state index is -0.481. The van der Waals surface area contributed by atoms with Crippen LogP contribution in [0.2, 0.25) is 0 Å². The zero-order valence-corrected chi connectivity index (χ0v) is 14.3. The molecule has 1 heterocycles. The Kier molecular flexibility index (Phi) is 4.74. The minimum absolute atomic E-state index is 0.0545. The van der Waals surface area contributed by atoms with Crippen molar-refractivity contribution in [3.63, 3.8) is 0 Å². The van der Waals surface area contributed by atoms with E-state index in [1.807, 2.05) is 37.3 Å². The average Bonchev–Trinajstić information content (AvgIpc) is 3.04. The molecule has 0 aliphatic carbocycles. The number of carbonyl (C=O) groups excluding carboxylic acids is 1. The first-order valence-corrected chi connectivity index (χ1v) is 8.00. The van der Waals surface area contributed by atoms with Gasteiger partial charge < -0.3 is 5.32 Å². The van der Waals surface area contributed by atoms with Crippen LogP contribution in [0.15, 0.2) is 54.6 Å². The second-order valence-electron chi connectivity index (χ2n) is 5.82. The highest BCUT2D eigenvalue weighted by Gasteiger charge is 2.20. The predicted octanol–water partition coefficient (Wildman–Crippen LogP) is 2.97. The van der Waals surface area contributed by atoms with Crippen LogP contribution in [0, 0.1) is 17.0 Å². The van der Waals surface area contributed by atoms with Gasteiger partial charge in [-0.15, -0.1) is 5.10 Å². The largest absolute Gasteiger partial charge is 0.344 e.